The lowest BCUT2D eigenvalue weighted by Gasteiger charge is -2.62. The molecule has 5 aliphatic rings. The average Bonchev–Trinajstić information content (AvgIpc) is 3.63. The molecule has 0 radical (unpaired) electrons. The zero-order valence-corrected chi connectivity index (χ0v) is 22.8. The summed E-state index contributed by atoms with van der Waals surface area (Å²) in [7, 11) is 0. The molecule has 2 fully saturated rings. The first-order chi connectivity index (χ1) is 18.9. The third-order valence-electron chi connectivity index (χ3n) is 9.56. The first-order valence-corrected chi connectivity index (χ1v) is 14.1. The topological polar surface area (TPSA) is 172 Å². The molecular formula is C29H37N3O8. The molecule has 1 aromatic rings. The summed E-state index contributed by atoms with van der Waals surface area (Å²) in [6, 6.07) is 2.23. The van der Waals surface area contributed by atoms with Crippen LogP contribution in [0.3, 0.4) is 0 Å². The molecule has 1 saturated heterocycles. The summed E-state index contributed by atoms with van der Waals surface area (Å²) in [6.07, 6.45) is 4.59. The van der Waals surface area contributed by atoms with E-state index in [2.05, 4.69) is 10.2 Å². The highest BCUT2D eigenvalue weighted by Crippen LogP contribution is 2.65. The van der Waals surface area contributed by atoms with E-state index in [4.69, 9.17) is 20.3 Å². The van der Waals surface area contributed by atoms with Gasteiger partial charge in [0.2, 0.25) is 5.91 Å². The van der Waals surface area contributed by atoms with Crippen LogP contribution in [-0.2, 0) is 31.0 Å². The van der Waals surface area contributed by atoms with E-state index in [-0.39, 0.29) is 36.8 Å². The van der Waals surface area contributed by atoms with Gasteiger partial charge in [0.25, 0.3) is 0 Å². The van der Waals surface area contributed by atoms with Crippen LogP contribution < -0.4 is 15.8 Å². The molecule has 11 heteroatoms. The number of aromatic hydroxyl groups is 1. The third kappa shape index (κ3) is 4.01. The first-order valence-electron chi connectivity index (χ1n) is 14.1. The van der Waals surface area contributed by atoms with Crippen molar-refractivity contribution in [3.63, 3.8) is 0 Å². The number of carbonyl (C=O) groups is 3. The molecule has 2 aliphatic heterocycles. The zero-order valence-electron chi connectivity index (χ0n) is 22.8. The Morgan fingerprint density at radius 1 is 1.30 bits per heavy atom. The second kappa shape index (κ2) is 9.19. The maximum absolute atomic E-state index is 13.4. The molecule has 3 aliphatic carbocycles. The van der Waals surface area contributed by atoms with Crippen LogP contribution in [0.25, 0.3) is 0 Å². The van der Waals surface area contributed by atoms with Crippen molar-refractivity contribution in [1.29, 1.82) is 0 Å². The molecule has 5 atom stereocenters. The number of carbonyl (C=O) groups excluding carboxylic acids is 2. The number of rotatable bonds is 9. The number of nitrogens with two attached hydrogens (primary N) is 1. The highest BCUT2D eigenvalue weighted by molar-refractivity contribution is 5.88. The summed E-state index contributed by atoms with van der Waals surface area (Å²) < 4.78 is 12.3. The van der Waals surface area contributed by atoms with Crippen LogP contribution in [0.15, 0.2) is 24.0 Å². The quantitative estimate of drug-likeness (QED) is 0.278. The van der Waals surface area contributed by atoms with Crippen molar-refractivity contribution >= 4 is 17.8 Å². The molecule has 1 unspecified atom stereocenters. The zero-order chi connectivity index (χ0) is 28.6. The number of esters is 1. The van der Waals surface area contributed by atoms with Gasteiger partial charge in [0.15, 0.2) is 17.6 Å². The minimum Gasteiger partial charge on any atom is -0.504 e. The number of piperidine rings is 1. The highest BCUT2D eigenvalue weighted by atomic mass is 16.6. The van der Waals surface area contributed by atoms with E-state index >= 15 is 0 Å². The fraction of sp³-hybridized carbons (Fsp3) is 0.621. The number of amides is 1. The van der Waals surface area contributed by atoms with E-state index in [9.17, 15) is 24.6 Å². The average molecular weight is 556 g/mol. The Labute approximate surface area is 232 Å². The Hall–Kier alpha value is -3.15. The monoisotopic (exact) mass is 555 g/mol. The first kappa shape index (κ1) is 27.0. The Balaban J connectivity index is 1.27. The van der Waals surface area contributed by atoms with Crippen LogP contribution in [0.4, 0.5) is 0 Å². The molecule has 216 valence electrons. The van der Waals surface area contributed by atoms with Crippen molar-refractivity contribution < 1.29 is 39.2 Å². The van der Waals surface area contributed by atoms with E-state index in [0.29, 0.717) is 24.5 Å². The maximum atomic E-state index is 13.4. The SMILES string of the molecule is CC(C)(NC(=O)CCC(N)C(=O)O)C(=O)OC1=CC[C@@]2(O)[C@H]3Cc4ccc(O)c5c4[C@@]2(CCN3CC2CC2)[C@H]1O5. The van der Waals surface area contributed by atoms with Crippen molar-refractivity contribution in [3.05, 3.63) is 35.1 Å². The molecule has 6 rings (SSSR count). The number of carboxylic acid groups (broad SMARTS) is 1. The number of aliphatic carboxylic acids is 1. The van der Waals surface area contributed by atoms with Gasteiger partial charge in [-0.2, -0.15) is 0 Å². The number of carboxylic acids is 1. The second-order valence-electron chi connectivity index (χ2n) is 12.6. The van der Waals surface area contributed by atoms with Crippen LogP contribution >= 0.6 is 0 Å². The van der Waals surface area contributed by atoms with E-state index in [1.165, 1.54) is 26.7 Å². The number of nitrogens with one attached hydrogen (secondary N) is 1. The molecule has 1 spiro atoms. The van der Waals surface area contributed by atoms with Crippen molar-refractivity contribution in [1.82, 2.24) is 10.2 Å². The van der Waals surface area contributed by atoms with Crippen molar-refractivity contribution in [2.75, 3.05) is 13.1 Å². The van der Waals surface area contributed by atoms with Gasteiger partial charge in [0, 0.05) is 31.0 Å². The third-order valence-corrected chi connectivity index (χ3v) is 9.56. The van der Waals surface area contributed by atoms with Gasteiger partial charge in [0.1, 0.15) is 17.3 Å². The lowest BCUT2D eigenvalue weighted by Crippen LogP contribution is -2.75. The smallest absolute Gasteiger partial charge is 0.336 e. The normalized spacial score (nSPS) is 30.9. The minimum atomic E-state index is -1.43. The van der Waals surface area contributed by atoms with E-state index in [1.54, 1.807) is 12.1 Å². The van der Waals surface area contributed by atoms with Gasteiger partial charge >= 0.3 is 11.9 Å². The standard InChI is InChI=1S/C29H37N3O8/c1-27(2,31-21(34)8-6-17(30)25(35)36)26(37)39-19-9-10-29(38)20-13-16-5-7-18(33)23-22(16)28(29,24(19)40-23)11-12-32(20)14-15-3-4-15/h5,7,9,15,17,20,24,33,38H,3-4,6,8,10-14,30H2,1-2H3,(H,31,34)(H,35,36)/t17?,20-,24+,28+,29-/m1/s1. The Morgan fingerprint density at radius 2 is 2.05 bits per heavy atom. The van der Waals surface area contributed by atoms with E-state index in [0.717, 1.165) is 24.2 Å². The molecule has 11 nitrogen and oxygen atoms in total. The number of benzene rings is 1. The number of hydrogen-bond acceptors (Lipinski definition) is 9. The van der Waals surface area contributed by atoms with Gasteiger partial charge in [-0.15, -0.1) is 0 Å². The van der Waals surface area contributed by atoms with Crippen LogP contribution in [-0.4, -0.2) is 80.5 Å². The van der Waals surface area contributed by atoms with Gasteiger partial charge in [-0.3, -0.25) is 14.5 Å². The van der Waals surface area contributed by atoms with E-state index < -0.39 is 46.5 Å². The van der Waals surface area contributed by atoms with Crippen molar-refractivity contribution in [3.8, 4) is 11.5 Å². The van der Waals surface area contributed by atoms with Crippen LogP contribution in [0.1, 0.15) is 63.5 Å². The van der Waals surface area contributed by atoms with Crippen LogP contribution in [0, 0.1) is 5.92 Å². The van der Waals surface area contributed by atoms with Crippen molar-refractivity contribution in [2.24, 2.45) is 11.7 Å². The lowest BCUT2D eigenvalue weighted by molar-refractivity contribution is -0.175. The molecule has 2 bridgehead atoms. The molecule has 1 amide bonds. The summed E-state index contributed by atoms with van der Waals surface area (Å²) in [4.78, 5) is 39.2. The van der Waals surface area contributed by atoms with Gasteiger partial charge in [-0.05, 0) is 76.1 Å². The fourth-order valence-corrected chi connectivity index (χ4v) is 7.27. The largest absolute Gasteiger partial charge is 0.504 e. The Kier molecular flexibility index (Phi) is 6.21. The summed E-state index contributed by atoms with van der Waals surface area (Å²) >= 11 is 0. The number of nitrogens with zero attached hydrogens (tertiary/aromatic N) is 1. The summed E-state index contributed by atoms with van der Waals surface area (Å²) in [6.45, 7) is 4.72. The lowest BCUT2D eigenvalue weighted by atomic mass is 9.50. The molecule has 2 heterocycles. The van der Waals surface area contributed by atoms with Gasteiger partial charge in [0.05, 0.1) is 11.0 Å². The molecule has 40 heavy (non-hydrogen) atoms. The van der Waals surface area contributed by atoms with Gasteiger partial charge in [-0.25, -0.2) is 4.79 Å². The molecule has 0 aromatic heterocycles. The molecule has 1 aromatic carbocycles. The summed E-state index contributed by atoms with van der Waals surface area (Å²) in [5, 5.41) is 34.8. The molecule has 1 saturated carbocycles. The summed E-state index contributed by atoms with van der Waals surface area (Å²) in [5.74, 6) is -1.21. The van der Waals surface area contributed by atoms with E-state index in [1.807, 2.05) is 6.07 Å². The number of aliphatic hydroxyl groups is 1. The molecular weight excluding hydrogens is 518 g/mol. The Morgan fingerprint density at radius 3 is 2.75 bits per heavy atom. The van der Waals surface area contributed by atoms with Crippen molar-refractivity contribution in [2.45, 2.75) is 93.5 Å². The van der Waals surface area contributed by atoms with Gasteiger partial charge in [-0.1, -0.05) is 6.07 Å². The minimum absolute atomic E-state index is 0.0124. The predicted octanol–water partition coefficient (Wildman–Crippen LogP) is 1.08. The number of phenolic OH excluding ortho intramolecular Hbond substituents is 1. The van der Waals surface area contributed by atoms with Crippen LogP contribution in [0.2, 0.25) is 0 Å². The highest BCUT2D eigenvalue weighted by Gasteiger charge is 2.72. The number of hydrogen-bond donors (Lipinski definition) is 5. The number of likely N-dealkylation sites (tertiary alicyclic amines) is 1. The van der Waals surface area contributed by atoms with Gasteiger partial charge < -0.3 is 35.8 Å². The number of phenols is 1. The number of ether oxygens (including phenoxy) is 2. The molecule has 6 N–H and O–H groups in total. The Bertz CT molecular complexity index is 1310. The summed E-state index contributed by atoms with van der Waals surface area (Å²) in [5.41, 5.74) is 3.85. The predicted molar refractivity (Wildman–Crippen MR) is 141 cm³/mol. The fourth-order valence-electron chi connectivity index (χ4n) is 7.27. The maximum Gasteiger partial charge on any atom is 0.336 e. The second-order valence-corrected chi connectivity index (χ2v) is 12.6. The van der Waals surface area contributed by atoms with Crippen LogP contribution in [0.5, 0.6) is 11.5 Å².